The first kappa shape index (κ1) is 23.4. The van der Waals surface area contributed by atoms with Crippen molar-refractivity contribution in [2.75, 3.05) is 26.3 Å². The first-order chi connectivity index (χ1) is 13.3. The third kappa shape index (κ3) is 9.91. The molecule has 1 aromatic carbocycles. The molecule has 1 aliphatic rings. The van der Waals surface area contributed by atoms with Crippen LogP contribution in [0.2, 0.25) is 0 Å². The Kier molecular flexibility index (Phi) is 10.6. The minimum atomic E-state index is -1.26. The van der Waals surface area contributed by atoms with E-state index in [9.17, 15) is 14.0 Å². The first-order valence-electron chi connectivity index (χ1n) is 9.18. The molecule has 1 fully saturated rings. The highest BCUT2D eigenvalue weighted by atomic mass is 19.1. The van der Waals surface area contributed by atoms with E-state index in [-0.39, 0.29) is 11.6 Å². The molecular formula is C20H28FNO6. The Bertz CT molecular complexity index is 640. The SMILES string of the molecule is CC(C)COc1cccc(F)c1OC[C@H]1CCCNC1.O=C(O)/C=C/C(=O)O. The van der Waals surface area contributed by atoms with Crippen LogP contribution in [0.4, 0.5) is 4.39 Å². The van der Waals surface area contributed by atoms with E-state index in [2.05, 4.69) is 19.2 Å². The third-order valence-electron chi connectivity index (χ3n) is 3.73. The summed E-state index contributed by atoms with van der Waals surface area (Å²) in [5.74, 6) is -1.27. The zero-order chi connectivity index (χ0) is 20.9. The number of carboxylic acid groups (broad SMARTS) is 2. The Morgan fingerprint density at radius 1 is 1.25 bits per heavy atom. The molecule has 0 amide bonds. The summed E-state index contributed by atoms with van der Waals surface area (Å²) in [6, 6.07) is 4.83. The number of hydrogen-bond donors (Lipinski definition) is 3. The summed E-state index contributed by atoms with van der Waals surface area (Å²) >= 11 is 0. The van der Waals surface area contributed by atoms with Gasteiger partial charge in [0.2, 0.25) is 0 Å². The topological polar surface area (TPSA) is 105 Å². The van der Waals surface area contributed by atoms with Crippen molar-refractivity contribution in [1.82, 2.24) is 5.32 Å². The quantitative estimate of drug-likeness (QED) is 0.579. The summed E-state index contributed by atoms with van der Waals surface area (Å²) in [4.78, 5) is 19.1. The number of rotatable bonds is 8. The second-order valence-corrected chi connectivity index (χ2v) is 6.81. The first-order valence-corrected chi connectivity index (χ1v) is 9.18. The number of carbonyl (C=O) groups is 2. The number of hydrogen-bond acceptors (Lipinski definition) is 5. The van der Waals surface area contributed by atoms with E-state index >= 15 is 0 Å². The van der Waals surface area contributed by atoms with Gasteiger partial charge in [-0.25, -0.2) is 14.0 Å². The van der Waals surface area contributed by atoms with Crippen molar-refractivity contribution in [1.29, 1.82) is 0 Å². The van der Waals surface area contributed by atoms with Gasteiger partial charge in [-0.15, -0.1) is 0 Å². The van der Waals surface area contributed by atoms with Crippen LogP contribution in [0.5, 0.6) is 11.5 Å². The van der Waals surface area contributed by atoms with Gasteiger partial charge in [-0.05, 0) is 37.4 Å². The van der Waals surface area contributed by atoms with E-state index in [1.54, 1.807) is 12.1 Å². The van der Waals surface area contributed by atoms with Gasteiger partial charge in [0, 0.05) is 24.6 Å². The Balaban J connectivity index is 0.000000416. The maximum Gasteiger partial charge on any atom is 0.328 e. The fourth-order valence-corrected chi connectivity index (χ4v) is 2.41. The molecule has 1 atom stereocenters. The lowest BCUT2D eigenvalue weighted by atomic mass is 10.0. The number of ether oxygens (including phenoxy) is 2. The molecule has 1 saturated heterocycles. The second-order valence-electron chi connectivity index (χ2n) is 6.81. The molecule has 7 nitrogen and oxygen atoms in total. The van der Waals surface area contributed by atoms with Gasteiger partial charge in [0.15, 0.2) is 17.3 Å². The highest BCUT2D eigenvalue weighted by Gasteiger charge is 2.17. The Morgan fingerprint density at radius 3 is 2.46 bits per heavy atom. The standard InChI is InChI=1S/C16H24FNO2.C4H4O4/c1-12(2)10-19-15-7-3-6-14(17)16(15)20-11-13-5-4-8-18-9-13;5-3(6)1-2-4(7)8/h3,6-7,12-13,18H,4-5,8-11H2,1-2H3;1-2H,(H,5,6)(H,7,8)/b;2-1+/t13-;/m0./s1. The van der Waals surface area contributed by atoms with Crippen LogP contribution in [-0.4, -0.2) is 48.5 Å². The van der Waals surface area contributed by atoms with Crippen LogP contribution in [0, 0.1) is 17.7 Å². The second kappa shape index (κ2) is 12.7. The van der Waals surface area contributed by atoms with E-state index in [1.165, 1.54) is 6.07 Å². The summed E-state index contributed by atoms with van der Waals surface area (Å²) in [7, 11) is 0. The molecule has 0 aliphatic carbocycles. The van der Waals surface area contributed by atoms with Crippen LogP contribution in [0.25, 0.3) is 0 Å². The average Bonchev–Trinajstić information content (AvgIpc) is 2.65. The molecular weight excluding hydrogens is 369 g/mol. The monoisotopic (exact) mass is 397 g/mol. The van der Waals surface area contributed by atoms with E-state index in [4.69, 9.17) is 19.7 Å². The molecule has 0 bridgehead atoms. The Morgan fingerprint density at radius 2 is 1.93 bits per heavy atom. The minimum Gasteiger partial charge on any atom is -0.489 e. The molecule has 8 heteroatoms. The van der Waals surface area contributed by atoms with Gasteiger partial charge >= 0.3 is 11.9 Å². The van der Waals surface area contributed by atoms with Crippen molar-refractivity contribution >= 4 is 11.9 Å². The van der Waals surface area contributed by atoms with Gasteiger partial charge in [0.05, 0.1) is 13.2 Å². The van der Waals surface area contributed by atoms with Crippen LogP contribution >= 0.6 is 0 Å². The maximum atomic E-state index is 13.9. The fourth-order valence-electron chi connectivity index (χ4n) is 2.41. The molecule has 156 valence electrons. The normalized spacial score (nSPS) is 16.4. The number of halogens is 1. The van der Waals surface area contributed by atoms with Crippen LogP contribution < -0.4 is 14.8 Å². The van der Waals surface area contributed by atoms with E-state index < -0.39 is 11.9 Å². The molecule has 3 N–H and O–H groups in total. The number of nitrogens with one attached hydrogen (secondary N) is 1. The van der Waals surface area contributed by atoms with Gasteiger partial charge < -0.3 is 25.0 Å². The summed E-state index contributed by atoms with van der Waals surface area (Å²) in [5, 5.41) is 19.0. The van der Waals surface area contributed by atoms with Crippen molar-refractivity contribution in [2.45, 2.75) is 26.7 Å². The number of aliphatic carboxylic acids is 2. The molecule has 1 aromatic rings. The summed E-state index contributed by atoms with van der Waals surface area (Å²) < 4.78 is 25.2. The molecule has 1 heterocycles. The van der Waals surface area contributed by atoms with Crippen LogP contribution in [-0.2, 0) is 9.59 Å². The van der Waals surface area contributed by atoms with Crippen molar-refractivity contribution in [2.24, 2.45) is 11.8 Å². The van der Waals surface area contributed by atoms with E-state index in [1.807, 2.05) is 0 Å². The molecule has 2 rings (SSSR count). The average molecular weight is 397 g/mol. The van der Waals surface area contributed by atoms with Crippen LogP contribution in [0.3, 0.4) is 0 Å². The zero-order valence-corrected chi connectivity index (χ0v) is 16.2. The largest absolute Gasteiger partial charge is 0.489 e. The van der Waals surface area contributed by atoms with Crippen LogP contribution in [0.15, 0.2) is 30.4 Å². The highest BCUT2D eigenvalue weighted by Crippen LogP contribution is 2.31. The molecule has 0 radical (unpaired) electrons. The lowest BCUT2D eigenvalue weighted by Crippen LogP contribution is -2.33. The molecule has 0 unspecified atom stereocenters. The Labute approximate surface area is 164 Å². The van der Waals surface area contributed by atoms with E-state index in [0.29, 0.717) is 43.0 Å². The molecule has 0 aromatic heterocycles. The molecule has 0 spiro atoms. The number of para-hydroxylation sites is 1. The van der Waals surface area contributed by atoms with Crippen molar-refractivity contribution < 1.29 is 33.7 Å². The maximum absolute atomic E-state index is 13.9. The van der Waals surface area contributed by atoms with Crippen molar-refractivity contribution in [3.8, 4) is 11.5 Å². The zero-order valence-electron chi connectivity index (χ0n) is 16.2. The minimum absolute atomic E-state index is 0.249. The van der Waals surface area contributed by atoms with Crippen molar-refractivity contribution in [3.63, 3.8) is 0 Å². The molecule has 1 aliphatic heterocycles. The van der Waals surface area contributed by atoms with Crippen molar-refractivity contribution in [3.05, 3.63) is 36.2 Å². The van der Waals surface area contributed by atoms with E-state index in [0.717, 1.165) is 25.9 Å². The summed E-state index contributed by atoms with van der Waals surface area (Å²) in [6.07, 6.45) is 3.40. The van der Waals surface area contributed by atoms with Crippen LogP contribution in [0.1, 0.15) is 26.7 Å². The van der Waals surface area contributed by atoms with Gasteiger partial charge in [0.1, 0.15) is 0 Å². The third-order valence-corrected chi connectivity index (χ3v) is 3.73. The summed E-state index contributed by atoms with van der Waals surface area (Å²) in [5.41, 5.74) is 0. The van der Waals surface area contributed by atoms with Gasteiger partial charge in [-0.2, -0.15) is 0 Å². The predicted molar refractivity (Wildman–Crippen MR) is 102 cm³/mol. The number of piperidine rings is 1. The number of carboxylic acids is 2. The lowest BCUT2D eigenvalue weighted by molar-refractivity contribution is -0.134. The summed E-state index contributed by atoms with van der Waals surface area (Å²) in [6.45, 7) is 7.23. The predicted octanol–water partition coefficient (Wildman–Crippen LogP) is 2.95. The smallest absolute Gasteiger partial charge is 0.328 e. The van der Waals surface area contributed by atoms with Gasteiger partial charge in [-0.3, -0.25) is 0 Å². The molecule has 28 heavy (non-hydrogen) atoms. The molecule has 0 saturated carbocycles. The van der Waals surface area contributed by atoms with Gasteiger partial charge in [-0.1, -0.05) is 19.9 Å². The lowest BCUT2D eigenvalue weighted by Gasteiger charge is -2.23. The fraction of sp³-hybridized carbons (Fsp3) is 0.500. The number of benzene rings is 1. The van der Waals surface area contributed by atoms with Gasteiger partial charge in [0.25, 0.3) is 0 Å². The highest BCUT2D eigenvalue weighted by molar-refractivity contribution is 5.89. The Hall–Kier alpha value is -2.61.